The summed E-state index contributed by atoms with van der Waals surface area (Å²) in [5.74, 6) is -1.06. The molecule has 5 rings (SSSR count). The molecular formula is C28H26N4O5. The van der Waals surface area contributed by atoms with E-state index in [1.807, 2.05) is 48.5 Å². The van der Waals surface area contributed by atoms with Crippen LogP contribution in [-0.2, 0) is 14.4 Å². The fourth-order valence-corrected chi connectivity index (χ4v) is 4.89. The maximum absolute atomic E-state index is 13.3. The number of nitrogens with zero attached hydrogens (tertiary/aromatic N) is 2. The average Bonchev–Trinajstić information content (AvgIpc) is 3.24. The number of carbonyl (C=O) groups excluding carboxylic acids is 4. The Morgan fingerprint density at radius 3 is 2.30 bits per heavy atom. The smallest absolute Gasteiger partial charge is 0.276 e. The molecule has 1 unspecified atom stereocenters. The molecule has 1 fully saturated rings. The van der Waals surface area contributed by atoms with Gasteiger partial charge in [-0.1, -0.05) is 60.7 Å². The molecule has 0 radical (unpaired) electrons. The minimum absolute atomic E-state index is 0.103. The summed E-state index contributed by atoms with van der Waals surface area (Å²) in [5, 5.41) is 0. The highest BCUT2D eigenvalue weighted by atomic mass is 16.5. The number of hydrogen-bond donors (Lipinski definition) is 2. The molecule has 37 heavy (non-hydrogen) atoms. The second kappa shape index (κ2) is 9.77. The molecule has 1 saturated heterocycles. The summed E-state index contributed by atoms with van der Waals surface area (Å²) >= 11 is 0. The van der Waals surface area contributed by atoms with Crippen LogP contribution in [0.25, 0.3) is 11.1 Å². The van der Waals surface area contributed by atoms with E-state index in [0.717, 1.165) is 11.1 Å². The summed E-state index contributed by atoms with van der Waals surface area (Å²) in [6.45, 7) is 1.13. The maximum atomic E-state index is 13.3. The molecule has 2 aliphatic rings. The first-order valence-electron chi connectivity index (χ1n) is 12.0. The van der Waals surface area contributed by atoms with Gasteiger partial charge < -0.3 is 9.64 Å². The van der Waals surface area contributed by atoms with Crippen molar-refractivity contribution >= 4 is 29.3 Å². The zero-order chi connectivity index (χ0) is 26.0. The van der Waals surface area contributed by atoms with Crippen LogP contribution in [0.15, 0.2) is 78.9 Å². The molecule has 9 nitrogen and oxygen atoms in total. The van der Waals surface area contributed by atoms with E-state index in [-0.39, 0.29) is 31.4 Å². The highest BCUT2D eigenvalue weighted by Crippen LogP contribution is 2.43. The van der Waals surface area contributed by atoms with Crippen molar-refractivity contribution in [3.8, 4) is 16.9 Å². The van der Waals surface area contributed by atoms with Crippen LogP contribution < -0.4 is 20.5 Å². The fraction of sp³-hybridized carbons (Fsp3) is 0.214. The van der Waals surface area contributed by atoms with Crippen molar-refractivity contribution < 1.29 is 23.9 Å². The van der Waals surface area contributed by atoms with Gasteiger partial charge in [0.2, 0.25) is 5.91 Å². The zero-order valence-corrected chi connectivity index (χ0v) is 20.3. The second-order valence-electron chi connectivity index (χ2n) is 9.10. The van der Waals surface area contributed by atoms with Gasteiger partial charge in [0.1, 0.15) is 18.0 Å². The lowest BCUT2D eigenvalue weighted by atomic mass is 9.98. The summed E-state index contributed by atoms with van der Waals surface area (Å²) < 4.78 is 5.70. The van der Waals surface area contributed by atoms with Gasteiger partial charge in [0, 0.05) is 12.0 Å². The van der Waals surface area contributed by atoms with E-state index < -0.39 is 17.5 Å². The number of amides is 4. The molecule has 0 saturated carbocycles. The van der Waals surface area contributed by atoms with Crippen molar-refractivity contribution in [1.82, 2.24) is 15.8 Å². The molecule has 188 valence electrons. The number of nitrogens with one attached hydrogen (secondary N) is 2. The normalized spacial score (nSPS) is 18.2. The number of rotatable bonds is 6. The van der Waals surface area contributed by atoms with Crippen molar-refractivity contribution in [2.45, 2.75) is 25.4 Å². The minimum atomic E-state index is -0.964. The van der Waals surface area contributed by atoms with Crippen molar-refractivity contribution in [2.24, 2.45) is 0 Å². The van der Waals surface area contributed by atoms with Crippen LogP contribution in [0.5, 0.6) is 5.75 Å². The van der Waals surface area contributed by atoms with Crippen LogP contribution in [0.2, 0.25) is 0 Å². The average molecular weight is 499 g/mol. The quantitative estimate of drug-likeness (QED) is 0.508. The van der Waals surface area contributed by atoms with Gasteiger partial charge >= 0.3 is 0 Å². The summed E-state index contributed by atoms with van der Waals surface area (Å²) in [4.78, 5) is 54.0. The standard InChI is InChI=1S/C28H26N4O5/c1-28-16-15-26(35)32(28)22-13-7-5-12-21(22)27(36)31(28)17-24(33)29-30-25(34)18-37-23-14-8-6-11-20(23)19-9-3-2-4-10-19/h2-14H,15-18H2,1H3,(H,29,33)(H,30,34). The Morgan fingerprint density at radius 1 is 0.865 bits per heavy atom. The molecule has 3 aromatic rings. The van der Waals surface area contributed by atoms with Gasteiger partial charge in [0.25, 0.3) is 17.7 Å². The highest BCUT2D eigenvalue weighted by molar-refractivity contribution is 6.11. The predicted molar refractivity (Wildman–Crippen MR) is 136 cm³/mol. The fourth-order valence-electron chi connectivity index (χ4n) is 4.89. The van der Waals surface area contributed by atoms with Crippen LogP contribution in [0.3, 0.4) is 0 Å². The Morgan fingerprint density at radius 2 is 1.51 bits per heavy atom. The van der Waals surface area contributed by atoms with E-state index in [1.54, 1.807) is 42.2 Å². The molecule has 3 aromatic carbocycles. The Bertz CT molecular complexity index is 1380. The van der Waals surface area contributed by atoms with Crippen LogP contribution in [0, 0.1) is 0 Å². The molecule has 2 heterocycles. The molecule has 0 bridgehead atoms. The molecule has 2 N–H and O–H groups in total. The van der Waals surface area contributed by atoms with E-state index in [9.17, 15) is 19.2 Å². The SMILES string of the molecule is CC12CCC(=O)N1c1ccccc1C(=O)N2CC(=O)NNC(=O)COc1ccccc1-c1ccccc1. The number of hydrazine groups is 1. The van der Waals surface area contributed by atoms with Gasteiger partial charge in [-0.25, -0.2) is 0 Å². The van der Waals surface area contributed by atoms with Crippen molar-refractivity contribution in [3.63, 3.8) is 0 Å². The first-order valence-corrected chi connectivity index (χ1v) is 12.0. The van der Waals surface area contributed by atoms with Gasteiger partial charge in [0.15, 0.2) is 6.61 Å². The molecule has 0 aromatic heterocycles. The molecule has 4 amide bonds. The summed E-state index contributed by atoms with van der Waals surface area (Å²) in [5.41, 5.74) is 6.42. The largest absolute Gasteiger partial charge is 0.483 e. The zero-order valence-electron chi connectivity index (χ0n) is 20.3. The van der Waals surface area contributed by atoms with E-state index in [0.29, 0.717) is 23.4 Å². The van der Waals surface area contributed by atoms with Crippen LogP contribution >= 0.6 is 0 Å². The lowest BCUT2D eigenvalue weighted by Crippen LogP contribution is -2.64. The van der Waals surface area contributed by atoms with Crippen molar-refractivity contribution in [2.75, 3.05) is 18.1 Å². The minimum Gasteiger partial charge on any atom is -0.483 e. The number of anilines is 1. The monoisotopic (exact) mass is 498 g/mol. The molecule has 2 aliphatic heterocycles. The first-order chi connectivity index (χ1) is 17.9. The lowest BCUT2D eigenvalue weighted by molar-refractivity contribution is -0.130. The topological polar surface area (TPSA) is 108 Å². The van der Waals surface area contributed by atoms with Gasteiger partial charge in [-0.3, -0.25) is 34.9 Å². The number of benzene rings is 3. The van der Waals surface area contributed by atoms with Gasteiger partial charge in [-0.15, -0.1) is 0 Å². The number of ether oxygens (including phenoxy) is 1. The molecule has 0 aliphatic carbocycles. The third-order valence-electron chi connectivity index (χ3n) is 6.72. The Labute approximate surface area is 214 Å². The number of fused-ring (bicyclic) bond motifs is 3. The predicted octanol–water partition coefficient (Wildman–Crippen LogP) is 2.88. The van der Waals surface area contributed by atoms with Crippen molar-refractivity contribution in [1.29, 1.82) is 0 Å². The van der Waals surface area contributed by atoms with E-state index in [2.05, 4.69) is 10.9 Å². The van der Waals surface area contributed by atoms with Crippen LogP contribution in [-0.4, -0.2) is 47.3 Å². The number of hydrogen-bond acceptors (Lipinski definition) is 5. The van der Waals surface area contributed by atoms with Gasteiger partial charge in [-0.05, 0) is 37.1 Å². The Kier molecular flexibility index (Phi) is 6.35. The summed E-state index contributed by atoms with van der Waals surface area (Å²) in [7, 11) is 0. The third kappa shape index (κ3) is 4.51. The van der Waals surface area contributed by atoms with E-state index in [1.165, 1.54) is 4.90 Å². The molecule has 0 spiro atoms. The highest BCUT2D eigenvalue weighted by Gasteiger charge is 2.53. The van der Waals surface area contributed by atoms with Gasteiger partial charge in [0.05, 0.1) is 11.3 Å². The Hall–Kier alpha value is -4.66. The van der Waals surface area contributed by atoms with E-state index in [4.69, 9.17) is 4.74 Å². The lowest BCUT2D eigenvalue weighted by Gasteiger charge is -2.48. The molecular weight excluding hydrogens is 472 g/mol. The molecule has 9 heteroatoms. The van der Waals surface area contributed by atoms with Crippen LogP contribution in [0.1, 0.15) is 30.1 Å². The maximum Gasteiger partial charge on any atom is 0.276 e. The van der Waals surface area contributed by atoms with E-state index >= 15 is 0 Å². The first kappa shape index (κ1) is 24.1. The molecule has 1 atom stereocenters. The van der Waals surface area contributed by atoms with Crippen LogP contribution in [0.4, 0.5) is 5.69 Å². The second-order valence-corrected chi connectivity index (χ2v) is 9.10. The summed E-state index contributed by atoms with van der Waals surface area (Å²) in [6, 6.07) is 23.9. The number of carbonyl (C=O) groups is 4. The Balaban J connectivity index is 1.21. The third-order valence-corrected chi connectivity index (χ3v) is 6.72. The number of para-hydroxylation sites is 2. The van der Waals surface area contributed by atoms with Gasteiger partial charge in [-0.2, -0.15) is 0 Å². The van der Waals surface area contributed by atoms with Crippen molar-refractivity contribution in [3.05, 3.63) is 84.4 Å². The summed E-state index contributed by atoms with van der Waals surface area (Å²) in [6.07, 6.45) is 0.676.